The number of aliphatic hydroxyl groups excluding tert-OH is 1. The average molecular weight is 280 g/mol. The molecule has 0 aliphatic rings. The number of rotatable bonds is 7. The molecule has 1 rings (SSSR count). The summed E-state index contributed by atoms with van der Waals surface area (Å²) >= 11 is 0. The Bertz CT molecular complexity index is 433. The Hall–Kier alpha value is -1.75. The normalized spacial score (nSPS) is 11.2. The van der Waals surface area contributed by atoms with Crippen molar-refractivity contribution in [3.8, 4) is 5.75 Å². The second-order valence-electron chi connectivity index (χ2n) is 5.67. The summed E-state index contributed by atoms with van der Waals surface area (Å²) < 4.78 is 0. The van der Waals surface area contributed by atoms with Crippen LogP contribution in [0.5, 0.6) is 5.75 Å². The second kappa shape index (κ2) is 7.75. The number of nitrogens with one attached hydrogen (secondary N) is 2. The van der Waals surface area contributed by atoms with E-state index in [4.69, 9.17) is 5.11 Å². The monoisotopic (exact) mass is 280 g/mol. The molecule has 0 aromatic heterocycles. The number of benzene rings is 1. The van der Waals surface area contributed by atoms with Crippen molar-refractivity contribution in [2.45, 2.75) is 26.7 Å². The highest BCUT2D eigenvalue weighted by atomic mass is 16.3. The molecular formula is C15H24N2O3. The summed E-state index contributed by atoms with van der Waals surface area (Å²) in [6.45, 7) is 5.14. The summed E-state index contributed by atoms with van der Waals surface area (Å²) in [5, 5.41) is 23.8. The molecule has 0 heterocycles. The lowest BCUT2D eigenvalue weighted by Crippen LogP contribution is -2.41. The van der Waals surface area contributed by atoms with Crippen LogP contribution in [0.4, 0.5) is 4.79 Å². The largest absolute Gasteiger partial charge is 0.508 e. The fourth-order valence-electron chi connectivity index (χ4n) is 1.81. The fraction of sp³-hybridized carbons (Fsp3) is 0.533. The molecule has 5 nitrogen and oxygen atoms in total. The van der Waals surface area contributed by atoms with E-state index in [1.54, 1.807) is 18.2 Å². The predicted octanol–water partition coefficient (Wildman–Crippen LogP) is 1.64. The van der Waals surface area contributed by atoms with E-state index in [-0.39, 0.29) is 23.8 Å². The van der Waals surface area contributed by atoms with Gasteiger partial charge in [0, 0.05) is 19.7 Å². The summed E-state index contributed by atoms with van der Waals surface area (Å²) in [6, 6.07) is 6.78. The summed E-state index contributed by atoms with van der Waals surface area (Å²) in [5.74, 6) is 0.234. The number of aliphatic hydroxyl groups is 1. The molecule has 1 aromatic carbocycles. The molecule has 2 amide bonds. The lowest BCUT2D eigenvalue weighted by Gasteiger charge is -2.23. The maximum absolute atomic E-state index is 11.6. The van der Waals surface area contributed by atoms with E-state index in [0.29, 0.717) is 25.9 Å². The highest BCUT2D eigenvalue weighted by molar-refractivity contribution is 5.73. The van der Waals surface area contributed by atoms with Gasteiger partial charge in [-0.25, -0.2) is 4.79 Å². The van der Waals surface area contributed by atoms with Crippen molar-refractivity contribution < 1.29 is 15.0 Å². The standard InChI is InChI=1S/C15H24N2O3/c1-15(2,7-9-18)11-17-14(20)16-8-6-12-4-3-5-13(19)10-12/h3-5,10,18-19H,6-9,11H2,1-2H3,(H2,16,17,20). The zero-order valence-corrected chi connectivity index (χ0v) is 12.1. The maximum Gasteiger partial charge on any atom is 0.314 e. The lowest BCUT2D eigenvalue weighted by molar-refractivity contribution is 0.201. The van der Waals surface area contributed by atoms with E-state index in [2.05, 4.69) is 10.6 Å². The fourth-order valence-corrected chi connectivity index (χ4v) is 1.81. The van der Waals surface area contributed by atoms with Gasteiger partial charge in [-0.15, -0.1) is 0 Å². The minimum absolute atomic E-state index is 0.114. The van der Waals surface area contributed by atoms with Gasteiger partial charge in [-0.05, 0) is 36.0 Å². The maximum atomic E-state index is 11.6. The van der Waals surface area contributed by atoms with E-state index in [1.165, 1.54) is 0 Å². The summed E-state index contributed by atoms with van der Waals surface area (Å²) in [6.07, 6.45) is 1.32. The van der Waals surface area contributed by atoms with Crippen LogP contribution in [0.3, 0.4) is 0 Å². The van der Waals surface area contributed by atoms with Crippen molar-refractivity contribution in [3.63, 3.8) is 0 Å². The zero-order valence-electron chi connectivity index (χ0n) is 12.1. The third kappa shape index (κ3) is 6.43. The first-order valence-electron chi connectivity index (χ1n) is 6.83. The van der Waals surface area contributed by atoms with Crippen LogP contribution in [-0.4, -0.2) is 35.9 Å². The molecule has 0 aliphatic carbocycles. The first-order chi connectivity index (χ1) is 9.43. The highest BCUT2D eigenvalue weighted by Crippen LogP contribution is 2.17. The van der Waals surface area contributed by atoms with E-state index in [0.717, 1.165) is 5.56 Å². The van der Waals surface area contributed by atoms with Crippen LogP contribution in [0, 0.1) is 5.41 Å². The van der Waals surface area contributed by atoms with Crippen molar-refractivity contribution in [3.05, 3.63) is 29.8 Å². The number of phenolic OH excluding ortho intramolecular Hbond substituents is 1. The molecule has 1 aromatic rings. The van der Waals surface area contributed by atoms with Crippen LogP contribution in [-0.2, 0) is 6.42 Å². The third-order valence-corrected chi connectivity index (χ3v) is 3.13. The predicted molar refractivity (Wildman–Crippen MR) is 78.7 cm³/mol. The number of phenols is 1. The Morgan fingerprint density at radius 3 is 2.70 bits per heavy atom. The highest BCUT2D eigenvalue weighted by Gasteiger charge is 2.17. The van der Waals surface area contributed by atoms with Gasteiger partial charge in [-0.2, -0.15) is 0 Å². The van der Waals surface area contributed by atoms with Crippen LogP contribution in [0.1, 0.15) is 25.8 Å². The molecule has 0 radical (unpaired) electrons. The molecule has 5 heteroatoms. The molecule has 0 saturated carbocycles. The van der Waals surface area contributed by atoms with Crippen molar-refractivity contribution in [1.82, 2.24) is 10.6 Å². The van der Waals surface area contributed by atoms with Crippen molar-refractivity contribution in [2.24, 2.45) is 5.41 Å². The number of hydrogen-bond donors (Lipinski definition) is 4. The van der Waals surface area contributed by atoms with Gasteiger partial charge in [0.2, 0.25) is 0 Å². The number of aromatic hydroxyl groups is 1. The van der Waals surface area contributed by atoms with Gasteiger partial charge in [0.15, 0.2) is 0 Å². The molecule has 0 atom stereocenters. The van der Waals surface area contributed by atoms with Crippen LogP contribution in [0.15, 0.2) is 24.3 Å². The van der Waals surface area contributed by atoms with Gasteiger partial charge in [0.25, 0.3) is 0 Å². The van der Waals surface area contributed by atoms with Gasteiger partial charge >= 0.3 is 6.03 Å². The summed E-state index contributed by atoms with van der Waals surface area (Å²) in [7, 11) is 0. The van der Waals surface area contributed by atoms with Gasteiger partial charge in [0.1, 0.15) is 5.75 Å². The van der Waals surface area contributed by atoms with Gasteiger partial charge < -0.3 is 20.8 Å². The first-order valence-corrected chi connectivity index (χ1v) is 6.83. The van der Waals surface area contributed by atoms with E-state index in [9.17, 15) is 9.90 Å². The van der Waals surface area contributed by atoms with Crippen LogP contribution in [0.2, 0.25) is 0 Å². The average Bonchev–Trinajstić information content (AvgIpc) is 2.37. The zero-order chi connectivity index (χ0) is 15.0. The quantitative estimate of drug-likeness (QED) is 0.613. The Kier molecular flexibility index (Phi) is 6.31. The number of urea groups is 1. The summed E-state index contributed by atoms with van der Waals surface area (Å²) in [4.78, 5) is 11.6. The number of amides is 2. The van der Waals surface area contributed by atoms with Crippen LogP contribution >= 0.6 is 0 Å². The SMILES string of the molecule is CC(C)(CCO)CNC(=O)NCCc1cccc(O)c1. The number of hydrogen-bond acceptors (Lipinski definition) is 3. The van der Waals surface area contributed by atoms with E-state index in [1.807, 2.05) is 19.9 Å². The Morgan fingerprint density at radius 1 is 1.30 bits per heavy atom. The first kappa shape index (κ1) is 16.3. The van der Waals surface area contributed by atoms with Gasteiger partial charge in [-0.1, -0.05) is 26.0 Å². The summed E-state index contributed by atoms with van der Waals surface area (Å²) in [5.41, 5.74) is 0.864. The van der Waals surface area contributed by atoms with Crippen LogP contribution < -0.4 is 10.6 Å². The van der Waals surface area contributed by atoms with Gasteiger partial charge in [-0.3, -0.25) is 0 Å². The minimum Gasteiger partial charge on any atom is -0.508 e. The Balaban J connectivity index is 2.23. The van der Waals surface area contributed by atoms with Crippen molar-refractivity contribution >= 4 is 6.03 Å². The molecule has 0 bridgehead atoms. The number of carbonyl (C=O) groups is 1. The molecule has 20 heavy (non-hydrogen) atoms. The molecule has 0 aliphatic heterocycles. The molecular weight excluding hydrogens is 256 g/mol. The van der Waals surface area contributed by atoms with Crippen LogP contribution in [0.25, 0.3) is 0 Å². The number of carbonyl (C=O) groups excluding carboxylic acids is 1. The molecule has 112 valence electrons. The lowest BCUT2D eigenvalue weighted by atomic mass is 9.90. The molecule has 0 spiro atoms. The van der Waals surface area contributed by atoms with Crippen molar-refractivity contribution in [1.29, 1.82) is 0 Å². The smallest absolute Gasteiger partial charge is 0.314 e. The van der Waals surface area contributed by atoms with Gasteiger partial charge in [0.05, 0.1) is 0 Å². The second-order valence-corrected chi connectivity index (χ2v) is 5.67. The molecule has 0 fully saturated rings. The molecule has 0 unspecified atom stereocenters. The van der Waals surface area contributed by atoms with E-state index < -0.39 is 0 Å². The minimum atomic E-state index is -0.212. The molecule has 4 N–H and O–H groups in total. The van der Waals surface area contributed by atoms with E-state index >= 15 is 0 Å². The van der Waals surface area contributed by atoms with Crippen molar-refractivity contribution in [2.75, 3.05) is 19.7 Å². The Morgan fingerprint density at radius 2 is 2.05 bits per heavy atom. The Labute approximate surface area is 120 Å². The third-order valence-electron chi connectivity index (χ3n) is 3.13. The molecule has 0 saturated heterocycles. The topological polar surface area (TPSA) is 81.6 Å².